The van der Waals surface area contributed by atoms with Crippen molar-refractivity contribution < 1.29 is 9.59 Å². The second kappa shape index (κ2) is 10.6. The van der Waals surface area contributed by atoms with E-state index in [1.165, 1.54) is 6.42 Å². The fourth-order valence-corrected chi connectivity index (χ4v) is 4.30. The van der Waals surface area contributed by atoms with Crippen LogP contribution in [0.3, 0.4) is 0 Å². The van der Waals surface area contributed by atoms with Crippen LogP contribution >= 0.6 is 12.4 Å². The van der Waals surface area contributed by atoms with Crippen molar-refractivity contribution >= 4 is 30.1 Å². The molecule has 1 heterocycles. The van der Waals surface area contributed by atoms with Crippen LogP contribution in [0.15, 0.2) is 24.3 Å². The molecule has 0 aromatic heterocycles. The van der Waals surface area contributed by atoms with E-state index < -0.39 is 12.1 Å². The number of benzene rings is 1. The molecule has 2 amide bonds. The van der Waals surface area contributed by atoms with E-state index in [1.807, 2.05) is 12.1 Å². The van der Waals surface area contributed by atoms with E-state index in [-0.39, 0.29) is 36.0 Å². The Labute approximate surface area is 178 Å². The molecule has 6 N–H and O–H groups in total. The number of nitrogens with two attached hydrogens (primary N) is 2. The van der Waals surface area contributed by atoms with Crippen molar-refractivity contribution in [1.29, 1.82) is 5.41 Å². The average Bonchev–Trinajstić information content (AvgIpc) is 3.22. The lowest BCUT2D eigenvalue weighted by atomic mass is 9.83. The first-order chi connectivity index (χ1) is 13.5. The molecule has 2 atom stereocenters. The number of carbonyl (C=O) groups excluding carboxylic acids is 2. The highest BCUT2D eigenvalue weighted by atomic mass is 35.5. The molecule has 0 bridgehead atoms. The van der Waals surface area contributed by atoms with E-state index >= 15 is 0 Å². The van der Waals surface area contributed by atoms with Crippen LogP contribution in [0.25, 0.3) is 0 Å². The van der Waals surface area contributed by atoms with E-state index in [0.29, 0.717) is 25.1 Å². The van der Waals surface area contributed by atoms with Gasteiger partial charge in [-0.25, -0.2) is 0 Å². The number of rotatable bonds is 6. The highest BCUT2D eigenvalue weighted by Gasteiger charge is 2.38. The van der Waals surface area contributed by atoms with Crippen LogP contribution < -0.4 is 16.8 Å². The number of hydrogen-bond donors (Lipinski definition) is 4. The first-order valence-corrected chi connectivity index (χ1v) is 10.2. The van der Waals surface area contributed by atoms with Gasteiger partial charge in [-0.1, -0.05) is 43.5 Å². The lowest BCUT2D eigenvalue weighted by molar-refractivity contribution is -0.140. The van der Waals surface area contributed by atoms with Crippen molar-refractivity contribution in [3.8, 4) is 0 Å². The Morgan fingerprint density at radius 3 is 2.38 bits per heavy atom. The molecule has 1 aliphatic heterocycles. The quantitative estimate of drug-likeness (QED) is 0.413. The Morgan fingerprint density at radius 1 is 1.10 bits per heavy atom. The Kier molecular flexibility index (Phi) is 8.46. The Balaban J connectivity index is 0.00000300. The van der Waals surface area contributed by atoms with Crippen molar-refractivity contribution in [2.24, 2.45) is 17.4 Å². The highest BCUT2D eigenvalue weighted by molar-refractivity contribution is 5.95. The molecular formula is C21H32ClN5O2. The maximum Gasteiger partial charge on any atom is 0.243 e. The minimum atomic E-state index is -0.493. The number of nitrogen functional groups attached to an aromatic ring is 1. The Hall–Kier alpha value is -2.12. The zero-order valence-electron chi connectivity index (χ0n) is 16.7. The summed E-state index contributed by atoms with van der Waals surface area (Å²) in [6.07, 6.45) is 7.02. The van der Waals surface area contributed by atoms with Gasteiger partial charge in [0.1, 0.15) is 11.9 Å². The largest absolute Gasteiger partial charge is 0.384 e. The monoisotopic (exact) mass is 421 g/mol. The summed E-state index contributed by atoms with van der Waals surface area (Å²) in [6, 6.07) is 6.28. The van der Waals surface area contributed by atoms with Crippen LogP contribution in [0.1, 0.15) is 56.1 Å². The minimum absolute atomic E-state index is 0. The van der Waals surface area contributed by atoms with Gasteiger partial charge in [-0.05, 0) is 37.2 Å². The molecule has 3 rings (SSSR count). The number of nitrogens with one attached hydrogen (secondary N) is 2. The zero-order valence-corrected chi connectivity index (χ0v) is 17.5. The van der Waals surface area contributed by atoms with Gasteiger partial charge in [0.15, 0.2) is 0 Å². The molecule has 7 nitrogen and oxygen atoms in total. The van der Waals surface area contributed by atoms with Crippen LogP contribution in [0, 0.1) is 11.3 Å². The van der Waals surface area contributed by atoms with Crippen molar-refractivity contribution in [2.45, 2.75) is 63.6 Å². The zero-order chi connectivity index (χ0) is 20.1. The summed E-state index contributed by atoms with van der Waals surface area (Å²) in [5, 5.41) is 10.4. The molecule has 160 valence electrons. The van der Waals surface area contributed by atoms with Crippen molar-refractivity contribution in [2.75, 3.05) is 6.54 Å². The Bertz CT molecular complexity index is 718. The summed E-state index contributed by atoms with van der Waals surface area (Å²) in [5.74, 6) is 0.0584. The lowest BCUT2D eigenvalue weighted by Crippen LogP contribution is -2.53. The molecule has 8 heteroatoms. The predicted molar refractivity (Wildman–Crippen MR) is 116 cm³/mol. The van der Waals surface area contributed by atoms with Crippen molar-refractivity contribution in [3.63, 3.8) is 0 Å². The number of nitrogens with zero attached hydrogens (tertiary/aromatic N) is 1. The van der Waals surface area contributed by atoms with E-state index in [4.69, 9.17) is 16.9 Å². The number of hydrogen-bond acceptors (Lipinski definition) is 4. The molecule has 1 saturated heterocycles. The third-order valence-electron chi connectivity index (χ3n) is 6.01. The second-order valence-electron chi connectivity index (χ2n) is 7.94. The van der Waals surface area contributed by atoms with Crippen LogP contribution in [0.2, 0.25) is 0 Å². The van der Waals surface area contributed by atoms with Crippen molar-refractivity contribution in [3.05, 3.63) is 35.4 Å². The van der Waals surface area contributed by atoms with Gasteiger partial charge in [-0.2, -0.15) is 0 Å². The SMILES string of the molecule is Cl.N=C(N)c1ccc(CNC(=O)[C@@H]2CCCN2C(=O)[C@H](N)C2CCCCC2)cc1. The molecule has 0 unspecified atom stereocenters. The maximum absolute atomic E-state index is 12.9. The van der Waals surface area contributed by atoms with Crippen LogP contribution in [0.4, 0.5) is 0 Å². The smallest absolute Gasteiger partial charge is 0.243 e. The molecule has 2 aliphatic rings. The standard InChI is InChI=1S/C21H31N5O2.ClH/c22-18(15-5-2-1-3-6-15)21(28)26-12-4-7-17(26)20(27)25-13-14-8-10-16(11-9-14)19(23)24;/h8-11,15,17-18H,1-7,12-13,22H2,(H3,23,24)(H,25,27);1H/t17-,18+;/m0./s1. The number of carbonyl (C=O) groups is 2. The van der Waals surface area contributed by atoms with Gasteiger partial charge in [0.05, 0.1) is 6.04 Å². The summed E-state index contributed by atoms with van der Waals surface area (Å²) in [7, 11) is 0. The van der Waals surface area contributed by atoms with E-state index in [9.17, 15) is 9.59 Å². The fraction of sp³-hybridized carbons (Fsp3) is 0.571. The Morgan fingerprint density at radius 2 is 1.76 bits per heavy atom. The topological polar surface area (TPSA) is 125 Å². The number of likely N-dealkylation sites (tertiary alicyclic amines) is 1. The van der Waals surface area contributed by atoms with E-state index in [1.54, 1.807) is 17.0 Å². The molecule has 2 fully saturated rings. The van der Waals surface area contributed by atoms with Gasteiger partial charge >= 0.3 is 0 Å². The second-order valence-corrected chi connectivity index (χ2v) is 7.94. The molecule has 29 heavy (non-hydrogen) atoms. The van der Waals surface area contributed by atoms with Crippen LogP contribution in [-0.4, -0.2) is 41.2 Å². The predicted octanol–water partition coefficient (Wildman–Crippen LogP) is 1.91. The highest BCUT2D eigenvalue weighted by Crippen LogP contribution is 2.28. The number of amidine groups is 1. The summed E-state index contributed by atoms with van der Waals surface area (Å²) >= 11 is 0. The molecule has 1 saturated carbocycles. The summed E-state index contributed by atoms with van der Waals surface area (Å²) < 4.78 is 0. The number of halogens is 1. The lowest BCUT2D eigenvalue weighted by Gasteiger charge is -2.32. The molecular weight excluding hydrogens is 390 g/mol. The molecule has 1 aromatic rings. The third kappa shape index (κ3) is 5.70. The first-order valence-electron chi connectivity index (χ1n) is 10.2. The van der Waals surface area contributed by atoms with Gasteiger partial charge in [-0.15, -0.1) is 12.4 Å². The first kappa shape index (κ1) is 23.2. The van der Waals surface area contributed by atoms with Gasteiger partial charge in [-0.3, -0.25) is 15.0 Å². The van der Waals surface area contributed by atoms with Crippen LogP contribution in [-0.2, 0) is 16.1 Å². The molecule has 0 radical (unpaired) electrons. The molecule has 0 spiro atoms. The molecule has 1 aromatic carbocycles. The van der Waals surface area contributed by atoms with Gasteiger partial charge < -0.3 is 21.7 Å². The fourth-order valence-electron chi connectivity index (χ4n) is 4.30. The van der Waals surface area contributed by atoms with Gasteiger partial charge in [0.2, 0.25) is 11.8 Å². The number of amides is 2. The van der Waals surface area contributed by atoms with E-state index in [2.05, 4.69) is 5.32 Å². The summed E-state index contributed by atoms with van der Waals surface area (Å²) in [4.78, 5) is 27.3. The third-order valence-corrected chi connectivity index (χ3v) is 6.01. The minimum Gasteiger partial charge on any atom is -0.384 e. The normalized spacial score (nSPS) is 20.6. The van der Waals surface area contributed by atoms with Gasteiger partial charge in [0.25, 0.3) is 0 Å². The maximum atomic E-state index is 12.9. The summed E-state index contributed by atoms with van der Waals surface area (Å²) in [5.41, 5.74) is 13.3. The van der Waals surface area contributed by atoms with Gasteiger partial charge in [0, 0.05) is 18.7 Å². The summed E-state index contributed by atoms with van der Waals surface area (Å²) in [6.45, 7) is 0.981. The average molecular weight is 422 g/mol. The molecule has 1 aliphatic carbocycles. The van der Waals surface area contributed by atoms with Crippen LogP contribution in [0.5, 0.6) is 0 Å². The van der Waals surface area contributed by atoms with E-state index in [0.717, 1.165) is 37.7 Å². The van der Waals surface area contributed by atoms with Crippen molar-refractivity contribution in [1.82, 2.24) is 10.2 Å².